The number of carbonyl (C=O) groups excluding carboxylic acids is 1. The number of hydrogen-bond donors (Lipinski definition) is 2. The van der Waals surface area contributed by atoms with Crippen LogP contribution in [0.2, 0.25) is 0 Å². The molecular weight excluding hydrogens is 250 g/mol. The van der Waals surface area contributed by atoms with E-state index in [-0.39, 0.29) is 5.91 Å². The van der Waals surface area contributed by atoms with E-state index in [4.69, 9.17) is 5.73 Å². The zero-order valence-corrected chi connectivity index (χ0v) is 11.4. The van der Waals surface area contributed by atoms with E-state index >= 15 is 0 Å². The lowest BCUT2D eigenvalue weighted by atomic mass is 10.1. The van der Waals surface area contributed by atoms with Crippen LogP contribution in [0.4, 0.5) is 17.1 Å². The standard InChI is InChI=1S/C16H17N3O/c1-18-10-11-2-7-15-12(8-11)9-16(20)19(15)14-5-3-13(17)4-6-14/h2-8,18H,9-10,17H2,1H3. The number of nitrogens with zero attached hydrogens (tertiary/aromatic N) is 1. The molecule has 0 saturated heterocycles. The summed E-state index contributed by atoms with van der Waals surface area (Å²) in [5.41, 5.74) is 10.5. The maximum atomic E-state index is 12.3. The van der Waals surface area contributed by atoms with Crippen molar-refractivity contribution in [2.75, 3.05) is 17.7 Å². The van der Waals surface area contributed by atoms with Gasteiger partial charge in [0, 0.05) is 17.9 Å². The van der Waals surface area contributed by atoms with E-state index in [0.29, 0.717) is 12.1 Å². The van der Waals surface area contributed by atoms with Crippen LogP contribution in [0, 0.1) is 0 Å². The topological polar surface area (TPSA) is 58.4 Å². The minimum Gasteiger partial charge on any atom is -0.399 e. The second-order valence-electron chi connectivity index (χ2n) is 4.99. The van der Waals surface area contributed by atoms with Crippen molar-refractivity contribution in [3.8, 4) is 0 Å². The highest BCUT2D eigenvalue weighted by atomic mass is 16.2. The number of nitrogens with two attached hydrogens (primary N) is 1. The summed E-state index contributed by atoms with van der Waals surface area (Å²) in [6.07, 6.45) is 0.456. The van der Waals surface area contributed by atoms with Gasteiger partial charge < -0.3 is 11.1 Å². The average molecular weight is 267 g/mol. The molecule has 0 bridgehead atoms. The Morgan fingerprint density at radius 2 is 1.95 bits per heavy atom. The van der Waals surface area contributed by atoms with Crippen LogP contribution in [0.1, 0.15) is 11.1 Å². The average Bonchev–Trinajstić information content (AvgIpc) is 2.75. The molecule has 0 fully saturated rings. The fourth-order valence-corrected chi connectivity index (χ4v) is 2.60. The van der Waals surface area contributed by atoms with E-state index in [1.165, 1.54) is 5.56 Å². The highest BCUT2D eigenvalue weighted by molar-refractivity contribution is 6.07. The number of anilines is 3. The molecule has 0 spiro atoms. The zero-order valence-electron chi connectivity index (χ0n) is 11.4. The van der Waals surface area contributed by atoms with Crippen molar-refractivity contribution in [1.29, 1.82) is 0 Å². The Bertz CT molecular complexity index is 649. The van der Waals surface area contributed by atoms with Gasteiger partial charge in [-0.15, -0.1) is 0 Å². The molecule has 3 rings (SSSR count). The molecule has 1 aliphatic heterocycles. The van der Waals surface area contributed by atoms with Crippen molar-refractivity contribution in [2.24, 2.45) is 0 Å². The lowest BCUT2D eigenvalue weighted by Gasteiger charge is -2.18. The molecule has 1 aliphatic rings. The Labute approximate surface area is 118 Å². The normalized spacial score (nSPS) is 13.7. The SMILES string of the molecule is CNCc1ccc2c(c1)CC(=O)N2c1ccc(N)cc1. The summed E-state index contributed by atoms with van der Waals surface area (Å²) in [5, 5.41) is 3.12. The number of fused-ring (bicyclic) bond motifs is 1. The van der Waals surface area contributed by atoms with E-state index in [2.05, 4.69) is 17.4 Å². The van der Waals surface area contributed by atoms with Crippen molar-refractivity contribution in [3.63, 3.8) is 0 Å². The number of hydrogen-bond acceptors (Lipinski definition) is 3. The third-order valence-corrected chi connectivity index (χ3v) is 3.51. The van der Waals surface area contributed by atoms with Gasteiger partial charge in [0.2, 0.25) is 5.91 Å². The van der Waals surface area contributed by atoms with Crippen molar-refractivity contribution in [1.82, 2.24) is 5.32 Å². The van der Waals surface area contributed by atoms with E-state index in [1.54, 1.807) is 4.90 Å². The second kappa shape index (κ2) is 4.98. The molecule has 0 saturated carbocycles. The van der Waals surface area contributed by atoms with Crippen LogP contribution in [0.15, 0.2) is 42.5 Å². The van der Waals surface area contributed by atoms with Crippen molar-refractivity contribution >= 4 is 23.0 Å². The number of rotatable bonds is 3. The molecule has 0 atom stereocenters. The van der Waals surface area contributed by atoms with Crippen LogP contribution in [0.25, 0.3) is 0 Å². The Balaban J connectivity index is 1.99. The number of carbonyl (C=O) groups is 1. The van der Waals surface area contributed by atoms with Gasteiger partial charge >= 0.3 is 0 Å². The molecule has 4 nitrogen and oxygen atoms in total. The van der Waals surface area contributed by atoms with Gasteiger partial charge in [0.25, 0.3) is 0 Å². The van der Waals surface area contributed by atoms with Gasteiger partial charge in [-0.05, 0) is 48.5 Å². The summed E-state index contributed by atoms with van der Waals surface area (Å²) in [7, 11) is 1.92. The van der Waals surface area contributed by atoms with E-state index in [0.717, 1.165) is 23.5 Å². The molecule has 2 aromatic carbocycles. The largest absolute Gasteiger partial charge is 0.399 e. The van der Waals surface area contributed by atoms with Crippen LogP contribution < -0.4 is 16.0 Å². The highest BCUT2D eigenvalue weighted by Crippen LogP contribution is 2.36. The highest BCUT2D eigenvalue weighted by Gasteiger charge is 2.28. The Morgan fingerprint density at radius 3 is 2.65 bits per heavy atom. The quantitative estimate of drug-likeness (QED) is 0.838. The Kier molecular flexibility index (Phi) is 3.16. The third-order valence-electron chi connectivity index (χ3n) is 3.51. The molecule has 0 unspecified atom stereocenters. The van der Waals surface area contributed by atoms with Crippen LogP contribution in [0.3, 0.4) is 0 Å². The second-order valence-corrected chi connectivity index (χ2v) is 4.99. The number of nitrogens with one attached hydrogen (secondary N) is 1. The molecule has 3 N–H and O–H groups in total. The number of amides is 1. The molecule has 102 valence electrons. The first-order valence-corrected chi connectivity index (χ1v) is 6.64. The number of benzene rings is 2. The first kappa shape index (κ1) is 12.7. The van der Waals surface area contributed by atoms with Gasteiger partial charge in [-0.25, -0.2) is 0 Å². The maximum absolute atomic E-state index is 12.3. The van der Waals surface area contributed by atoms with Crippen LogP contribution in [0.5, 0.6) is 0 Å². The first-order chi connectivity index (χ1) is 9.69. The Hall–Kier alpha value is -2.33. The van der Waals surface area contributed by atoms with Gasteiger partial charge in [-0.3, -0.25) is 9.69 Å². The minimum absolute atomic E-state index is 0.103. The van der Waals surface area contributed by atoms with Gasteiger partial charge in [-0.2, -0.15) is 0 Å². The summed E-state index contributed by atoms with van der Waals surface area (Å²) in [5.74, 6) is 0.103. The summed E-state index contributed by atoms with van der Waals surface area (Å²) in [4.78, 5) is 14.0. The predicted octanol–water partition coefficient (Wildman–Crippen LogP) is 2.21. The van der Waals surface area contributed by atoms with Crippen molar-refractivity contribution in [2.45, 2.75) is 13.0 Å². The molecule has 20 heavy (non-hydrogen) atoms. The summed E-state index contributed by atoms with van der Waals surface area (Å²) >= 11 is 0. The summed E-state index contributed by atoms with van der Waals surface area (Å²) in [6.45, 7) is 0.809. The van der Waals surface area contributed by atoms with Gasteiger partial charge in [0.05, 0.1) is 12.1 Å². The van der Waals surface area contributed by atoms with Crippen LogP contribution >= 0.6 is 0 Å². The van der Waals surface area contributed by atoms with Gasteiger partial charge in [0.1, 0.15) is 0 Å². The molecule has 0 radical (unpaired) electrons. The molecular formula is C16H17N3O. The molecule has 4 heteroatoms. The smallest absolute Gasteiger partial charge is 0.236 e. The molecule has 0 aliphatic carbocycles. The fraction of sp³-hybridized carbons (Fsp3) is 0.188. The molecule has 1 heterocycles. The fourth-order valence-electron chi connectivity index (χ4n) is 2.60. The van der Waals surface area contributed by atoms with Crippen molar-refractivity contribution in [3.05, 3.63) is 53.6 Å². The Morgan fingerprint density at radius 1 is 1.20 bits per heavy atom. The van der Waals surface area contributed by atoms with Crippen LogP contribution in [-0.2, 0) is 17.8 Å². The molecule has 1 amide bonds. The summed E-state index contributed by atoms with van der Waals surface area (Å²) < 4.78 is 0. The molecule has 2 aromatic rings. The first-order valence-electron chi connectivity index (χ1n) is 6.64. The minimum atomic E-state index is 0.103. The van der Waals surface area contributed by atoms with E-state index in [1.807, 2.05) is 37.4 Å². The van der Waals surface area contributed by atoms with Gasteiger partial charge in [-0.1, -0.05) is 12.1 Å². The summed E-state index contributed by atoms with van der Waals surface area (Å²) in [6, 6.07) is 13.6. The van der Waals surface area contributed by atoms with E-state index in [9.17, 15) is 4.79 Å². The number of nitrogen functional groups attached to an aromatic ring is 1. The van der Waals surface area contributed by atoms with Crippen molar-refractivity contribution < 1.29 is 4.79 Å². The lowest BCUT2D eigenvalue weighted by Crippen LogP contribution is -2.20. The monoisotopic (exact) mass is 267 g/mol. The zero-order chi connectivity index (χ0) is 14.1. The lowest BCUT2D eigenvalue weighted by molar-refractivity contribution is -0.116. The third kappa shape index (κ3) is 2.14. The van der Waals surface area contributed by atoms with E-state index < -0.39 is 0 Å². The molecule has 0 aromatic heterocycles. The predicted molar refractivity (Wildman–Crippen MR) is 80.9 cm³/mol. The van der Waals surface area contributed by atoms with Crippen LogP contribution in [-0.4, -0.2) is 13.0 Å². The maximum Gasteiger partial charge on any atom is 0.236 e. The van der Waals surface area contributed by atoms with Gasteiger partial charge in [0.15, 0.2) is 0 Å².